The Bertz CT molecular complexity index is 1090. The van der Waals surface area contributed by atoms with Gasteiger partial charge in [0.05, 0.1) is 17.4 Å². The molecule has 0 amide bonds. The molecule has 4 aromatic rings. The Morgan fingerprint density at radius 2 is 1.87 bits per heavy atom. The first kappa shape index (κ1) is 14.8. The standard InChI is InChI=1S/C16H10BrIN4O/c17-15-19-20-16-21(9-10-4-2-1-3-5-10)14(23)12-8-11(18)6-7-13(12)22(15)16/h1-8H,9H2. The first-order valence-electron chi connectivity index (χ1n) is 6.92. The lowest BCUT2D eigenvalue weighted by Gasteiger charge is -2.11. The zero-order chi connectivity index (χ0) is 16.0. The predicted octanol–water partition coefficient (Wildman–Crippen LogP) is 3.46. The largest absolute Gasteiger partial charge is 0.272 e. The average molecular weight is 481 g/mol. The van der Waals surface area contributed by atoms with E-state index in [1.165, 1.54) is 0 Å². The van der Waals surface area contributed by atoms with E-state index in [9.17, 15) is 4.79 Å². The van der Waals surface area contributed by atoms with Gasteiger partial charge in [-0.25, -0.2) is 0 Å². The molecule has 0 aliphatic carbocycles. The SMILES string of the molecule is O=c1c2cc(I)ccc2n2c(Br)nnc2n1Cc1ccccc1. The van der Waals surface area contributed by atoms with Gasteiger partial charge in [-0.2, -0.15) is 0 Å². The lowest BCUT2D eigenvalue weighted by molar-refractivity contribution is 0.766. The summed E-state index contributed by atoms with van der Waals surface area (Å²) in [4.78, 5) is 13.0. The van der Waals surface area contributed by atoms with Crippen LogP contribution in [-0.4, -0.2) is 19.2 Å². The van der Waals surface area contributed by atoms with Gasteiger partial charge in [0.25, 0.3) is 5.56 Å². The highest BCUT2D eigenvalue weighted by Gasteiger charge is 2.15. The van der Waals surface area contributed by atoms with E-state index in [0.717, 1.165) is 14.7 Å². The normalized spacial score (nSPS) is 11.4. The van der Waals surface area contributed by atoms with E-state index in [2.05, 4.69) is 48.7 Å². The molecule has 7 heteroatoms. The van der Waals surface area contributed by atoms with Gasteiger partial charge in [0.15, 0.2) is 0 Å². The third-order valence-corrected chi connectivity index (χ3v) is 4.89. The van der Waals surface area contributed by atoms with Gasteiger partial charge in [-0.1, -0.05) is 30.3 Å². The summed E-state index contributed by atoms with van der Waals surface area (Å²) in [5.74, 6) is 0.527. The van der Waals surface area contributed by atoms with Crippen molar-refractivity contribution in [3.8, 4) is 0 Å². The van der Waals surface area contributed by atoms with E-state index in [1.807, 2.05) is 52.9 Å². The van der Waals surface area contributed by atoms with Crippen molar-refractivity contribution in [2.75, 3.05) is 0 Å². The van der Waals surface area contributed by atoms with E-state index >= 15 is 0 Å². The molecule has 0 bridgehead atoms. The Morgan fingerprint density at radius 3 is 2.65 bits per heavy atom. The molecule has 0 saturated heterocycles. The summed E-state index contributed by atoms with van der Waals surface area (Å²) in [6.07, 6.45) is 0. The van der Waals surface area contributed by atoms with Crippen LogP contribution in [0.1, 0.15) is 5.56 Å². The molecule has 0 aliphatic rings. The quantitative estimate of drug-likeness (QED) is 0.413. The first-order chi connectivity index (χ1) is 11.1. The zero-order valence-electron chi connectivity index (χ0n) is 11.8. The topological polar surface area (TPSA) is 52.2 Å². The van der Waals surface area contributed by atoms with E-state index in [0.29, 0.717) is 22.4 Å². The van der Waals surface area contributed by atoms with Gasteiger partial charge in [-0.05, 0) is 62.3 Å². The summed E-state index contributed by atoms with van der Waals surface area (Å²) in [5, 5.41) is 8.91. The molecule has 4 rings (SSSR count). The summed E-state index contributed by atoms with van der Waals surface area (Å²) >= 11 is 5.63. The second-order valence-electron chi connectivity index (χ2n) is 5.14. The molecule has 5 nitrogen and oxygen atoms in total. The van der Waals surface area contributed by atoms with Crippen LogP contribution < -0.4 is 5.56 Å². The van der Waals surface area contributed by atoms with Crippen LogP contribution in [0.5, 0.6) is 0 Å². The van der Waals surface area contributed by atoms with Gasteiger partial charge in [-0.15, -0.1) is 10.2 Å². The number of hydrogen-bond donors (Lipinski definition) is 0. The fraction of sp³-hybridized carbons (Fsp3) is 0.0625. The van der Waals surface area contributed by atoms with E-state index in [-0.39, 0.29) is 5.56 Å². The van der Waals surface area contributed by atoms with Crippen molar-refractivity contribution in [1.82, 2.24) is 19.2 Å². The van der Waals surface area contributed by atoms with E-state index in [1.54, 1.807) is 4.57 Å². The van der Waals surface area contributed by atoms with Gasteiger partial charge in [-0.3, -0.25) is 13.8 Å². The Hall–Kier alpha value is -1.74. The van der Waals surface area contributed by atoms with Crippen LogP contribution in [0.2, 0.25) is 0 Å². The Kier molecular flexibility index (Phi) is 3.68. The molecular weight excluding hydrogens is 471 g/mol. The molecular formula is C16H10BrIN4O. The maximum atomic E-state index is 13.0. The van der Waals surface area contributed by atoms with Crippen molar-refractivity contribution in [2.24, 2.45) is 0 Å². The van der Waals surface area contributed by atoms with Gasteiger partial charge in [0.1, 0.15) is 0 Å². The van der Waals surface area contributed by atoms with Crippen LogP contribution >= 0.6 is 38.5 Å². The van der Waals surface area contributed by atoms with Crippen molar-refractivity contribution < 1.29 is 0 Å². The fourth-order valence-corrected chi connectivity index (χ4v) is 3.58. The summed E-state index contributed by atoms with van der Waals surface area (Å²) < 4.78 is 5.11. The molecule has 2 aromatic heterocycles. The maximum absolute atomic E-state index is 13.0. The molecule has 0 spiro atoms. The van der Waals surface area contributed by atoms with Crippen LogP contribution in [-0.2, 0) is 6.54 Å². The maximum Gasteiger partial charge on any atom is 0.263 e. The van der Waals surface area contributed by atoms with Crippen molar-refractivity contribution in [3.05, 3.63) is 72.8 Å². The van der Waals surface area contributed by atoms with Crippen LogP contribution in [0, 0.1) is 3.57 Å². The molecule has 2 heterocycles. The summed E-state index contributed by atoms with van der Waals surface area (Å²) in [6, 6.07) is 15.6. The number of nitrogens with zero attached hydrogens (tertiary/aromatic N) is 4. The number of benzene rings is 2. The minimum absolute atomic E-state index is 0.0604. The Morgan fingerprint density at radius 1 is 1.09 bits per heavy atom. The second-order valence-corrected chi connectivity index (χ2v) is 7.10. The molecule has 0 fully saturated rings. The third-order valence-electron chi connectivity index (χ3n) is 3.71. The lowest BCUT2D eigenvalue weighted by atomic mass is 10.2. The summed E-state index contributed by atoms with van der Waals surface area (Å²) in [5.41, 5.74) is 1.78. The smallest absolute Gasteiger partial charge is 0.263 e. The van der Waals surface area contributed by atoms with Gasteiger partial charge in [0, 0.05) is 3.57 Å². The Balaban J connectivity index is 2.09. The first-order valence-corrected chi connectivity index (χ1v) is 8.79. The van der Waals surface area contributed by atoms with Crippen LogP contribution in [0.4, 0.5) is 0 Å². The highest BCUT2D eigenvalue weighted by atomic mass is 127. The monoisotopic (exact) mass is 480 g/mol. The fourth-order valence-electron chi connectivity index (χ4n) is 2.66. The second kappa shape index (κ2) is 5.72. The van der Waals surface area contributed by atoms with Gasteiger partial charge in [0.2, 0.25) is 10.5 Å². The van der Waals surface area contributed by atoms with E-state index < -0.39 is 0 Å². The molecule has 0 radical (unpaired) electrons. The number of rotatable bonds is 2. The molecule has 0 N–H and O–H groups in total. The molecule has 0 unspecified atom stereocenters. The molecule has 0 aliphatic heterocycles. The predicted molar refractivity (Wildman–Crippen MR) is 101 cm³/mol. The summed E-state index contributed by atoms with van der Waals surface area (Å²) in [6.45, 7) is 0.454. The molecule has 0 atom stereocenters. The molecule has 114 valence electrons. The minimum atomic E-state index is -0.0604. The van der Waals surface area contributed by atoms with E-state index in [4.69, 9.17) is 0 Å². The average Bonchev–Trinajstić information content (AvgIpc) is 2.94. The summed E-state index contributed by atoms with van der Waals surface area (Å²) in [7, 11) is 0. The minimum Gasteiger partial charge on any atom is -0.272 e. The van der Waals surface area contributed by atoms with Crippen LogP contribution in [0.25, 0.3) is 16.7 Å². The highest BCUT2D eigenvalue weighted by molar-refractivity contribution is 14.1. The Labute approximate surface area is 153 Å². The molecule has 23 heavy (non-hydrogen) atoms. The number of fused-ring (bicyclic) bond motifs is 3. The lowest BCUT2D eigenvalue weighted by Crippen LogP contribution is -2.24. The van der Waals surface area contributed by atoms with Crippen molar-refractivity contribution in [2.45, 2.75) is 6.54 Å². The third kappa shape index (κ3) is 2.47. The zero-order valence-corrected chi connectivity index (χ0v) is 15.5. The van der Waals surface area contributed by atoms with Crippen molar-refractivity contribution >= 4 is 55.2 Å². The number of aromatic nitrogens is 4. The highest BCUT2D eigenvalue weighted by Crippen LogP contribution is 2.20. The van der Waals surface area contributed by atoms with Crippen LogP contribution in [0.3, 0.4) is 0 Å². The number of hydrogen-bond acceptors (Lipinski definition) is 3. The molecule has 0 saturated carbocycles. The van der Waals surface area contributed by atoms with Crippen molar-refractivity contribution in [3.63, 3.8) is 0 Å². The molecule has 2 aromatic carbocycles. The number of halogens is 2. The van der Waals surface area contributed by atoms with Gasteiger partial charge < -0.3 is 0 Å². The van der Waals surface area contributed by atoms with Gasteiger partial charge >= 0.3 is 0 Å². The van der Waals surface area contributed by atoms with Crippen LogP contribution in [0.15, 0.2) is 58.1 Å². The van der Waals surface area contributed by atoms with Crippen molar-refractivity contribution in [1.29, 1.82) is 0 Å².